The van der Waals surface area contributed by atoms with Gasteiger partial charge < -0.3 is 15.8 Å². The SMILES string of the molecule is NC(=O)c1ccc(Cl)cc1OCCC1CCNC1. The van der Waals surface area contributed by atoms with Crippen LogP contribution in [0, 0.1) is 5.92 Å². The van der Waals surface area contributed by atoms with Crippen LogP contribution >= 0.6 is 11.6 Å². The van der Waals surface area contributed by atoms with Gasteiger partial charge in [0.25, 0.3) is 5.91 Å². The van der Waals surface area contributed by atoms with Crippen molar-refractivity contribution >= 4 is 17.5 Å². The maximum Gasteiger partial charge on any atom is 0.252 e. The summed E-state index contributed by atoms with van der Waals surface area (Å²) in [5.41, 5.74) is 5.67. The van der Waals surface area contributed by atoms with Crippen LogP contribution in [0.25, 0.3) is 0 Å². The van der Waals surface area contributed by atoms with Gasteiger partial charge in [0.15, 0.2) is 0 Å². The zero-order valence-electron chi connectivity index (χ0n) is 10.1. The van der Waals surface area contributed by atoms with Crippen molar-refractivity contribution in [3.05, 3.63) is 28.8 Å². The minimum absolute atomic E-state index is 0.379. The monoisotopic (exact) mass is 268 g/mol. The first-order valence-electron chi connectivity index (χ1n) is 6.09. The smallest absolute Gasteiger partial charge is 0.252 e. The van der Waals surface area contributed by atoms with Crippen molar-refractivity contribution in [1.82, 2.24) is 5.32 Å². The van der Waals surface area contributed by atoms with Crippen molar-refractivity contribution in [2.45, 2.75) is 12.8 Å². The van der Waals surface area contributed by atoms with Crippen molar-refractivity contribution in [2.24, 2.45) is 11.7 Å². The van der Waals surface area contributed by atoms with Gasteiger partial charge in [-0.25, -0.2) is 0 Å². The Morgan fingerprint density at radius 3 is 3.06 bits per heavy atom. The van der Waals surface area contributed by atoms with Crippen LogP contribution in [0.15, 0.2) is 18.2 Å². The van der Waals surface area contributed by atoms with Gasteiger partial charge in [0.2, 0.25) is 0 Å². The van der Waals surface area contributed by atoms with E-state index in [-0.39, 0.29) is 0 Å². The number of nitrogens with one attached hydrogen (secondary N) is 1. The lowest BCUT2D eigenvalue weighted by Crippen LogP contribution is -2.15. The Morgan fingerprint density at radius 1 is 1.56 bits per heavy atom. The molecule has 1 amide bonds. The molecule has 0 saturated carbocycles. The van der Waals surface area contributed by atoms with Crippen molar-refractivity contribution in [3.8, 4) is 5.75 Å². The van der Waals surface area contributed by atoms with E-state index in [0.717, 1.165) is 19.5 Å². The van der Waals surface area contributed by atoms with Crippen LogP contribution < -0.4 is 15.8 Å². The van der Waals surface area contributed by atoms with Gasteiger partial charge in [0.1, 0.15) is 5.75 Å². The standard InChI is InChI=1S/C13H17ClN2O2/c14-10-1-2-11(13(15)17)12(7-10)18-6-4-9-3-5-16-8-9/h1-2,7,9,16H,3-6,8H2,(H2,15,17). The molecule has 1 unspecified atom stereocenters. The highest BCUT2D eigenvalue weighted by molar-refractivity contribution is 6.30. The molecule has 1 fully saturated rings. The number of nitrogens with two attached hydrogens (primary N) is 1. The minimum Gasteiger partial charge on any atom is -0.493 e. The number of rotatable bonds is 5. The van der Waals surface area contributed by atoms with Crippen molar-refractivity contribution in [2.75, 3.05) is 19.7 Å². The van der Waals surface area contributed by atoms with Gasteiger partial charge >= 0.3 is 0 Å². The molecule has 1 aliphatic rings. The first-order chi connectivity index (χ1) is 8.66. The average Bonchev–Trinajstić information content (AvgIpc) is 2.82. The first kappa shape index (κ1) is 13.2. The second kappa shape index (κ2) is 6.07. The fourth-order valence-corrected chi connectivity index (χ4v) is 2.28. The van der Waals surface area contributed by atoms with E-state index in [9.17, 15) is 4.79 Å². The van der Waals surface area contributed by atoms with E-state index in [0.29, 0.717) is 28.9 Å². The maximum atomic E-state index is 11.2. The van der Waals surface area contributed by atoms with E-state index in [1.807, 2.05) is 0 Å². The third-order valence-electron chi connectivity index (χ3n) is 3.16. The topological polar surface area (TPSA) is 64.4 Å². The molecular formula is C13H17ClN2O2. The third kappa shape index (κ3) is 3.37. The Balaban J connectivity index is 1.94. The Hall–Kier alpha value is -1.26. The summed E-state index contributed by atoms with van der Waals surface area (Å²) >= 11 is 5.89. The molecule has 0 spiro atoms. The van der Waals surface area contributed by atoms with Crippen LogP contribution in [0.1, 0.15) is 23.2 Å². The fraction of sp³-hybridized carbons (Fsp3) is 0.462. The molecule has 98 valence electrons. The molecule has 1 aromatic carbocycles. The van der Waals surface area contributed by atoms with Crippen LogP contribution in [0.4, 0.5) is 0 Å². The van der Waals surface area contributed by atoms with E-state index in [4.69, 9.17) is 22.1 Å². The molecule has 5 heteroatoms. The fourth-order valence-electron chi connectivity index (χ4n) is 2.12. The molecule has 0 aliphatic carbocycles. The maximum absolute atomic E-state index is 11.2. The number of carbonyl (C=O) groups excluding carboxylic acids is 1. The van der Waals surface area contributed by atoms with Crippen LogP contribution in [0.3, 0.4) is 0 Å². The number of halogens is 1. The average molecular weight is 269 g/mol. The molecule has 18 heavy (non-hydrogen) atoms. The number of benzene rings is 1. The molecule has 2 rings (SSSR count). The van der Waals surface area contributed by atoms with Crippen LogP contribution in [-0.2, 0) is 0 Å². The van der Waals surface area contributed by atoms with Crippen molar-refractivity contribution in [3.63, 3.8) is 0 Å². The summed E-state index contributed by atoms with van der Waals surface area (Å²) in [5.74, 6) is 0.631. The Morgan fingerprint density at radius 2 is 2.39 bits per heavy atom. The Bertz CT molecular complexity index is 431. The van der Waals surface area contributed by atoms with Gasteiger partial charge in [-0.2, -0.15) is 0 Å². The van der Waals surface area contributed by atoms with Crippen LogP contribution in [-0.4, -0.2) is 25.6 Å². The van der Waals surface area contributed by atoms with E-state index in [1.165, 1.54) is 6.42 Å². The lowest BCUT2D eigenvalue weighted by Gasteiger charge is -2.12. The second-order valence-electron chi connectivity index (χ2n) is 4.50. The lowest BCUT2D eigenvalue weighted by molar-refractivity contribution is 0.0996. The highest BCUT2D eigenvalue weighted by Gasteiger charge is 2.15. The number of ether oxygens (including phenoxy) is 1. The molecule has 1 atom stereocenters. The first-order valence-corrected chi connectivity index (χ1v) is 6.47. The van der Waals surface area contributed by atoms with Gasteiger partial charge in [0, 0.05) is 5.02 Å². The van der Waals surface area contributed by atoms with Crippen LogP contribution in [0.2, 0.25) is 5.02 Å². The van der Waals surface area contributed by atoms with Gasteiger partial charge in [-0.05, 0) is 50.0 Å². The Labute approximate surface area is 111 Å². The van der Waals surface area contributed by atoms with Crippen molar-refractivity contribution in [1.29, 1.82) is 0 Å². The normalized spacial score (nSPS) is 18.8. The summed E-state index contributed by atoms with van der Waals surface area (Å²) in [4.78, 5) is 11.2. The molecule has 0 radical (unpaired) electrons. The van der Waals surface area contributed by atoms with E-state index < -0.39 is 5.91 Å². The summed E-state index contributed by atoms with van der Waals surface area (Å²) in [5, 5.41) is 3.85. The predicted octanol–water partition coefficient (Wildman–Crippen LogP) is 1.82. The highest BCUT2D eigenvalue weighted by atomic mass is 35.5. The van der Waals surface area contributed by atoms with Crippen molar-refractivity contribution < 1.29 is 9.53 Å². The number of carbonyl (C=O) groups is 1. The van der Waals surface area contributed by atoms with Gasteiger partial charge in [-0.1, -0.05) is 11.6 Å². The molecule has 0 bridgehead atoms. The van der Waals surface area contributed by atoms with E-state index in [2.05, 4.69) is 5.32 Å². The number of hydrogen-bond donors (Lipinski definition) is 2. The summed E-state index contributed by atoms with van der Waals surface area (Å²) < 4.78 is 5.63. The van der Waals surface area contributed by atoms with E-state index in [1.54, 1.807) is 18.2 Å². The molecule has 4 nitrogen and oxygen atoms in total. The number of hydrogen-bond acceptors (Lipinski definition) is 3. The van der Waals surface area contributed by atoms with Gasteiger partial charge in [-0.3, -0.25) is 4.79 Å². The number of amides is 1. The molecule has 1 saturated heterocycles. The predicted molar refractivity (Wildman–Crippen MR) is 71.1 cm³/mol. The second-order valence-corrected chi connectivity index (χ2v) is 4.94. The minimum atomic E-state index is -0.496. The molecule has 3 N–H and O–H groups in total. The third-order valence-corrected chi connectivity index (χ3v) is 3.39. The molecule has 1 aromatic rings. The zero-order chi connectivity index (χ0) is 13.0. The quantitative estimate of drug-likeness (QED) is 0.856. The summed E-state index contributed by atoms with van der Waals surface area (Å²) in [6, 6.07) is 4.86. The number of primary amides is 1. The summed E-state index contributed by atoms with van der Waals surface area (Å²) in [6.07, 6.45) is 2.15. The molecular weight excluding hydrogens is 252 g/mol. The largest absolute Gasteiger partial charge is 0.493 e. The van der Waals surface area contributed by atoms with Gasteiger partial charge in [0.05, 0.1) is 12.2 Å². The van der Waals surface area contributed by atoms with E-state index >= 15 is 0 Å². The molecule has 0 aromatic heterocycles. The Kier molecular flexibility index (Phi) is 4.44. The lowest BCUT2D eigenvalue weighted by atomic mass is 10.1. The summed E-state index contributed by atoms with van der Waals surface area (Å²) in [7, 11) is 0. The zero-order valence-corrected chi connectivity index (χ0v) is 10.9. The summed E-state index contributed by atoms with van der Waals surface area (Å²) in [6.45, 7) is 2.70. The molecule has 1 heterocycles. The highest BCUT2D eigenvalue weighted by Crippen LogP contribution is 2.24. The van der Waals surface area contributed by atoms with Gasteiger partial charge in [-0.15, -0.1) is 0 Å². The molecule has 1 aliphatic heterocycles. The van der Waals surface area contributed by atoms with Crippen LogP contribution in [0.5, 0.6) is 5.75 Å².